The van der Waals surface area contributed by atoms with Crippen LogP contribution in [-0.2, 0) is 9.53 Å². The van der Waals surface area contributed by atoms with Gasteiger partial charge in [-0.05, 0) is 12.1 Å². The fourth-order valence-corrected chi connectivity index (χ4v) is 1.38. The Morgan fingerprint density at radius 1 is 1.56 bits per heavy atom. The number of para-hydroxylation sites is 1. The Morgan fingerprint density at radius 2 is 2.25 bits per heavy atom. The van der Waals surface area contributed by atoms with Crippen molar-refractivity contribution in [1.29, 1.82) is 0 Å². The van der Waals surface area contributed by atoms with Crippen molar-refractivity contribution in [2.45, 2.75) is 12.5 Å². The highest BCUT2D eigenvalue weighted by molar-refractivity contribution is 6.33. The van der Waals surface area contributed by atoms with Crippen molar-refractivity contribution in [2.24, 2.45) is 0 Å². The van der Waals surface area contributed by atoms with E-state index in [9.17, 15) is 9.90 Å². The van der Waals surface area contributed by atoms with Gasteiger partial charge in [0, 0.05) is 6.54 Å². The third-order valence-corrected chi connectivity index (χ3v) is 2.36. The smallest absolute Gasteiger partial charge is 0.308 e. The Morgan fingerprint density at radius 3 is 2.88 bits per heavy atom. The number of hydrogen-bond acceptors (Lipinski definition) is 4. The molecule has 1 aromatic rings. The molecule has 0 aliphatic rings. The van der Waals surface area contributed by atoms with Gasteiger partial charge in [0.15, 0.2) is 0 Å². The van der Waals surface area contributed by atoms with Crippen LogP contribution in [0.3, 0.4) is 0 Å². The van der Waals surface area contributed by atoms with Crippen LogP contribution in [0.4, 0.5) is 5.69 Å². The van der Waals surface area contributed by atoms with E-state index in [1.165, 1.54) is 7.11 Å². The lowest BCUT2D eigenvalue weighted by Crippen LogP contribution is -2.23. The zero-order valence-electron chi connectivity index (χ0n) is 8.94. The maximum absolute atomic E-state index is 10.9. The molecule has 0 spiro atoms. The number of rotatable bonds is 5. The van der Waals surface area contributed by atoms with Crippen LogP contribution >= 0.6 is 11.6 Å². The van der Waals surface area contributed by atoms with E-state index in [0.29, 0.717) is 5.02 Å². The van der Waals surface area contributed by atoms with Gasteiger partial charge >= 0.3 is 5.97 Å². The molecule has 2 N–H and O–H groups in total. The number of anilines is 1. The number of aliphatic hydroxyl groups excluding tert-OH is 1. The van der Waals surface area contributed by atoms with Crippen LogP contribution in [0.1, 0.15) is 6.42 Å². The van der Waals surface area contributed by atoms with Crippen LogP contribution < -0.4 is 5.32 Å². The van der Waals surface area contributed by atoms with Gasteiger partial charge in [-0.2, -0.15) is 0 Å². The van der Waals surface area contributed by atoms with E-state index in [1.807, 2.05) is 12.1 Å². The monoisotopic (exact) mass is 243 g/mol. The second-order valence-electron chi connectivity index (χ2n) is 3.29. The Labute approximate surface area is 99.2 Å². The highest BCUT2D eigenvalue weighted by Gasteiger charge is 2.10. The predicted octanol–water partition coefficient (Wildman–Crippen LogP) is 1.68. The third-order valence-electron chi connectivity index (χ3n) is 2.03. The number of hydrogen-bond donors (Lipinski definition) is 2. The summed E-state index contributed by atoms with van der Waals surface area (Å²) in [5.41, 5.74) is 0.730. The molecule has 0 fully saturated rings. The quantitative estimate of drug-likeness (QED) is 0.773. The number of carbonyl (C=O) groups is 1. The topological polar surface area (TPSA) is 58.6 Å². The van der Waals surface area contributed by atoms with E-state index in [0.717, 1.165) is 5.69 Å². The summed E-state index contributed by atoms with van der Waals surface area (Å²) in [4.78, 5) is 10.9. The minimum Gasteiger partial charge on any atom is -0.469 e. The number of nitrogens with one attached hydrogen (secondary N) is 1. The van der Waals surface area contributed by atoms with Crippen molar-refractivity contribution in [1.82, 2.24) is 0 Å². The second kappa shape index (κ2) is 6.35. The van der Waals surface area contributed by atoms with E-state index in [-0.39, 0.29) is 13.0 Å². The average molecular weight is 244 g/mol. The number of halogens is 1. The predicted molar refractivity (Wildman–Crippen MR) is 62.6 cm³/mol. The van der Waals surface area contributed by atoms with E-state index in [2.05, 4.69) is 10.1 Å². The molecule has 4 nitrogen and oxygen atoms in total. The van der Waals surface area contributed by atoms with Gasteiger partial charge in [-0.1, -0.05) is 23.7 Å². The summed E-state index contributed by atoms with van der Waals surface area (Å²) in [5.74, 6) is -0.437. The highest BCUT2D eigenvalue weighted by atomic mass is 35.5. The first kappa shape index (κ1) is 12.8. The van der Waals surface area contributed by atoms with E-state index in [4.69, 9.17) is 11.6 Å². The van der Waals surface area contributed by atoms with Gasteiger partial charge in [-0.3, -0.25) is 4.79 Å². The van der Waals surface area contributed by atoms with Crippen molar-refractivity contribution in [3.63, 3.8) is 0 Å². The molecule has 0 saturated heterocycles. The largest absolute Gasteiger partial charge is 0.469 e. The van der Waals surface area contributed by atoms with Crippen LogP contribution in [0, 0.1) is 0 Å². The average Bonchev–Trinajstić information content (AvgIpc) is 2.28. The van der Waals surface area contributed by atoms with Crippen molar-refractivity contribution in [3.05, 3.63) is 29.3 Å². The molecule has 1 atom stereocenters. The molecule has 1 unspecified atom stereocenters. The van der Waals surface area contributed by atoms with Crippen molar-refractivity contribution >= 4 is 23.3 Å². The Balaban J connectivity index is 2.40. The SMILES string of the molecule is COC(=O)CC(O)CNc1ccccc1Cl. The van der Waals surface area contributed by atoms with Gasteiger partial charge in [0.25, 0.3) is 0 Å². The molecule has 0 saturated carbocycles. The summed E-state index contributed by atoms with van der Waals surface area (Å²) >= 11 is 5.90. The lowest BCUT2D eigenvalue weighted by molar-refractivity contribution is -0.142. The molecular weight excluding hydrogens is 230 g/mol. The summed E-state index contributed by atoms with van der Waals surface area (Å²) < 4.78 is 4.44. The number of benzene rings is 1. The standard InChI is InChI=1S/C11H14ClNO3/c1-16-11(15)6-8(14)7-13-10-5-3-2-4-9(10)12/h2-5,8,13-14H,6-7H2,1H3. The molecule has 0 bridgehead atoms. The maximum atomic E-state index is 10.9. The summed E-state index contributed by atoms with van der Waals surface area (Å²) in [6.45, 7) is 0.249. The van der Waals surface area contributed by atoms with E-state index >= 15 is 0 Å². The molecule has 0 aliphatic heterocycles. The lowest BCUT2D eigenvalue weighted by Gasteiger charge is -2.12. The summed E-state index contributed by atoms with van der Waals surface area (Å²) in [6, 6.07) is 7.20. The minimum absolute atomic E-state index is 0.0338. The maximum Gasteiger partial charge on any atom is 0.308 e. The summed E-state index contributed by atoms with van der Waals surface area (Å²) in [6.07, 6.45) is -0.822. The number of ether oxygens (including phenoxy) is 1. The van der Waals surface area contributed by atoms with E-state index in [1.54, 1.807) is 12.1 Å². The zero-order valence-corrected chi connectivity index (χ0v) is 9.70. The first-order chi connectivity index (χ1) is 7.63. The fourth-order valence-electron chi connectivity index (χ4n) is 1.18. The molecule has 0 heterocycles. The Kier molecular flexibility index (Phi) is 5.08. The van der Waals surface area contributed by atoms with Crippen LogP contribution in [0.2, 0.25) is 5.02 Å². The molecule has 1 aromatic carbocycles. The highest BCUT2D eigenvalue weighted by Crippen LogP contribution is 2.20. The van der Waals surface area contributed by atoms with Crippen LogP contribution in [-0.4, -0.2) is 30.8 Å². The van der Waals surface area contributed by atoms with Gasteiger partial charge in [0.2, 0.25) is 0 Å². The summed E-state index contributed by atoms with van der Waals surface area (Å²) in [7, 11) is 1.29. The molecule has 0 amide bonds. The van der Waals surface area contributed by atoms with Crippen molar-refractivity contribution in [2.75, 3.05) is 19.0 Å². The number of methoxy groups -OCH3 is 1. The molecule has 0 aliphatic carbocycles. The molecule has 1 rings (SSSR count). The van der Waals surface area contributed by atoms with Gasteiger partial charge in [0.05, 0.1) is 30.3 Å². The van der Waals surface area contributed by atoms with Crippen molar-refractivity contribution < 1.29 is 14.6 Å². The number of esters is 1. The van der Waals surface area contributed by atoms with Crippen LogP contribution in [0.25, 0.3) is 0 Å². The number of aliphatic hydroxyl groups is 1. The Hall–Kier alpha value is -1.26. The summed E-state index contributed by atoms with van der Waals surface area (Å²) in [5, 5.41) is 13.0. The van der Waals surface area contributed by atoms with Gasteiger partial charge in [0.1, 0.15) is 0 Å². The van der Waals surface area contributed by atoms with Crippen LogP contribution in [0.5, 0.6) is 0 Å². The van der Waals surface area contributed by atoms with Crippen molar-refractivity contribution in [3.8, 4) is 0 Å². The van der Waals surface area contributed by atoms with E-state index < -0.39 is 12.1 Å². The molecule has 16 heavy (non-hydrogen) atoms. The third kappa shape index (κ3) is 4.08. The molecule has 0 aromatic heterocycles. The van der Waals surface area contributed by atoms with Gasteiger partial charge < -0.3 is 15.2 Å². The lowest BCUT2D eigenvalue weighted by atomic mass is 10.2. The molecular formula is C11H14ClNO3. The normalized spacial score (nSPS) is 11.9. The second-order valence-corrected chi connectivity index (χ2v) is 3.70. The first-order valence-corrected chi connectivity index (χ1v) is 5.24. The van der Waals surface area contributed by atoms with Crippen LogP contribution in [0.15, 0.2) is 24.3 Å². The fraction of sp³-hybridized carbons (Fsp3) is 0.364. The van der Waals surface area contributed by atoms with Gasteiger partial charge in [-0.15, -0.1) is 0 Å². The zero-order chi connectivity index (χ0) is 12.0. The molecule has 0 radical (unpaired) electrons. The molecule has 5 heteroatoms. The first-order valence-electron chi connectivity index (χ1n) is 4.86. The Bertz CT molecular complexity index is 357. The van der Waals surface area contributed by atoms with Gasteiger partial charge in [-0.25, -0.2) is 0 Å². The molecule has 88 valence electrons. The number of carbonyl (C=O) groups excluding carboxylic acids is 1. The minimum atomic E-state index is -0.788.